The second kappa shape index (κ2) is 8.76. The smallest absolute Gasteiger partial charge is 0.222 e. The zero-order valence-corrected chi connectivity index (χ0v) is 17.1. The molecule has 2 unspecified atom stereocenters. The molecule has 0 bridgehead atoms. The van der Waals surface area contributed by atoms with Crippen molar-refractivity contribution >= 4 is 39.3 Å². The molecular formula is C20H20BrClN2O3. The summed E-state index contributed by atoms with van der Waals surface area (Å²) in [6.07, 6.45) is 0.836. The van der Waals surface area contributed by atoms with E-state index in [1.807, 2.05) is 30.3 Å². The first-order valence-electron chi connectivity index (χ1n) is 8.66. The van der Waals surface area contributed by atoms with E-state index in [4.69, 9.17) is 16.3 Å². The maximum atomic E-state index is 12.7. The minimum absolute atomic E-state index is 0.123. The van der Waals surface area contributed by atoms with Gasteiger partial charge in [-0.2, -0.15) is 0 Å². The quantitative estimate of drug-likeness (QED) is 0.712. The van der Waals surface area contributed by atoms with E-state index in [1.165, 1.54) is 6.92 Å². The Balaban J connectivity index is 1.72. The maximum absolute atomic E-state index is 12.7. The van der Waals surface area contributed by atoms with Gasteiger partial charge < -0.3 is 15.4 Å². The van der Waals surface area contributed by atoms with Crippen LogP contribution in [0, 0.1) is 0 Å². The lowest BCUT2D eigenvalue weighted by Crippen LogP contribution is -2.36. The third kappa shape index (κ3) is 5.23. The summed E-state index contributed by atoms with van der Waals surface area (Å²) in [5.41, 5.74) is 1.78. The minimum Gasteiger partial charge on any atom is -0.493 e. The lowest BCUT2D eigenvalue weighted by Gasteiger charge is -2.28. The van der Waals surface area contributed by atoms with Crippen LogP contribution in [0.15, 0.2) is 46.9 Å². The molecule has 0 radical (unpaired) electrons. The van der Waals surface area contributed by atoms with Crippen LogP contribution in [0.5, 0.6) is 5.75 Å². The lowest BCUT2D eigenvalue weighted by molar-refractivity contribution is -0.123. The van der Waals surface area contributed by atoms with E-state index >= 15 is 0 Å². The van der Waals surface area contributed by atoms with Crippen molar-refractivity contribution in [2.45, 2.75) is 31.8 Å². The minimum atomic E-state index is -0.415. The molecule has 2 atom stereocenters. The Morgan fingerprint density at radius 3 is 2.70 bits per heavy atom. The lowest BCUT2D eigenvalue weighted by atomic mass is 9.99. The number of hydrogen-bond donors (Lipinski definition) is 2. The van der Waals surface area contributed by atoms with Gasteiger partial charge in [-0.15, -0.1) is 0 Å². The SMILES string of the molecule is CC(=O)NC(CC(=O)NC1CCOc2ccc(Br)cc21)c1ccc(Cl)cc1. The Kier molecular flexibility index (Phi) is 6.39. The molecule has 7 heteroatoms. The van der Waals surface area contributed by atoms with Crippen LogP contribution in [0.3, 0.4) is 0 Å². The van der Waals surface area contributed by atoms with Gasteiger partial charge in [0.1, 0.15) is 5.75 Å². The van der Waals surface area contributed by atoms with E-state index in [0.717, 1.165) is 21.3 Å². The topological polar surface area (TPSA) is 67.4 Å². The Morgan fingerprint density at radius 2 is 2.00 bits per heavy atom. The molecule has 2 amide bonds. The van der Waals surface area contributed by atoms with Crippen molar-refractivity contribution in [3.8, 4) is 5.75 Å². The molecule has 1 heterocycles. The molecule has 27 heavy (non-hydrogen) atoms. The zero-order chi connectivity index (χ0) is 19.4. The zero-order valence-electron chi connectivity index (χ0n) is 14.8. The molecule has 0 fully saturated rings. The molecule has 1 aliphatic rings. The van der Waals surface area contributed by atoms with Gasteiger partial charge in [-0.05, 0) is 35.9 Å². The molecule has 1 aliphatic heterocycles. The van der Waals surface area contributed by atoms with Crippen LogP contribution in [0.4, 0.5) is 0 Å². The van der Waals surface area contributed by atoms with Gasteiger partial charge in [0.05, 0.1) is 25.1 Å². The van der Waals surface area contributed by atoms with E-state index in [2.05, 4.69) is 26.6 Å². The van der Waals surface area contributed by atoms with Gasteiger partial charge in [0, 0.05) is 28.4 Å². The summed E-state index contributed by atoms with van der Waals surface area (Å²) >= 11 is 9.40. The number of carbonyl (C=O) groups excluding carboxylic acids is 2. The van der Waals surface area contributed by atoms with Crippen molar-refractivity contribution < 1.29 is 14.3 Å². The fourth-order valence-electron chi connectivity index (χ4n) is 3.15. The third-order valence-electron chi connectivity index (χ3n) is 4.39. The van der Waals surface area contributed by atoms with Gasteiger partial charge >= 0.3 is 0 Å². The molecule has 142 valence electrons. The highest BCUT2D eigenvalue weighted by Crippen LogP contribution is 2.34. The fourth-order valence-corrected chi connectivity index (χ4v) is 3.65. The van der Waals surface area contributed by atoms with E-state index in [1.54, 1.807) is 12.1 Å². The van der Waals surface area contributed by atoms with Gasteiger partial charge in [-0.1, -0.05) is 39.7 Å². The number of rotatable bonds is 5. The Morgan fingerprint density at radius 1 is 1.26 bits per heavy atom. The second-order valence-corrected chi connectivity index (χ2v) is 7.80. The highest BCUT2D eigenvalue weighted by atomic mass is 79.9. The molecule has 0 aliphatic carbocycles. The predicted molar refractivity (Wildman–Crippen MR) is 108 cm³/mol. The van der Waals surface area contributed by atoms with Crippen molar-refractivity contribution in [2.75, 3.05) is 6.61 Å². The van der Waals surface area contributed by atoms with E-state index < -0.39 is 6.04 Å². The van der Waals surface area contributed by atoms with Crippen molar-refractivity contribution in [2.24, 2.45) is 0 Å². The van der Waals surface area contributed by atoms with Crippen LogP contribution in [-0.2, 0) is 9.59 Å². The van der Waals surface area contributed by atoms with Gasteiger partial charge in [-0.25, -0.2) is 0 Å². The second-order valence-electron chi connectivity index (χ2n) is 6.45. The molecule has 2 aromatic carbocycles. The number of nitrogens with one attached hydrogen (secondary N) is 2. The average molecular weight is 452 g/mol. The molecule has 0 saturated carbocycles. The van der Waals surface area contributed by atoms with Crippen LogP contribution >= 0.6 is 27.5 Å². The van der Waals surface area contributed by atoms with E-state index in [-0.39, 0.29) is 24.3 Å². The van der Waals surface area contributed by atoms with E-state index in [0.29, 0.717) is 18.1 Å². The predicted octanol–water partition coefficient (Wildman–Crippen LogP) is 4.31. The van der Waals surface area contributed by atoms with E-state index in [9.17, 15) is 9.59 Å². The number of benzene rings is 2. The first kappa shape index (κ1) is 19.7. The average Bonchev–Trinajstić information content (AvgIpc) is 2.62. The number of hydrogen-bond acceptors (Lipinski definition) is 3. The summed E-state index contributed by atoms with van der Waals surface area (Å²) in [5.74, 6) is 0.454. The molecule has 2 N–H and O–H groups in total. The Labute approximate surface area is 171 Å². The number of fused-ring (bicyclic) bond motifs is 1. The van der Waals surface area contributed by atoms with Crippen LogP contribution in [0.1, 0.15) is 43.0 Å². The molecular weight excluding hydrogens is 432 g/mol. The molecule has 0 spiro atoms. The summed E-state index contributed by atoms with van der Waals surface area (Å²) in [6.45, 7) is 1.99. The van der Waals surface area contributed by atoms with Gasteiger partial charge in [0.2, 0.25) is 11.8 Å². The molecule has 0 saturated heterocycles. The van der Waals surface area contributed by atoms with Crippen molar-refractivity contribution in [3.63, 3.8) is 0 Å². The van der Waals surface area contributed by atoms with Gasteiger partial charge in [0.15, 0.2) is 0 Å². The summed E-state index contributed by atoms with van der Waals surface area (Å²) < 4.78 is 6.60. The van der Waals surface area contributed by atoms with Gasteiger partial charge in [-0.3, -0.25) is 9.59 Å². The molecule has 0 aromatic heterocycles. The Bertz CT molecular complexity index is 842. The number of halogens is 2. The first-order valence-corrected chi connectivity index (χ1v) is 9.83. The van der Waals surface area contributed by atoms with Crippen LogP contribution in [0.2, 0.25) is 5.02 Å². The molecule has 3 rings (SSSR count). The van der Waals surface area contributed by atoms with Gasteiger partial charge in [0.25, 0.3) is 0 Å². The number of ether oxygens (including phenoxy) is 1. The summed E-state index contributed by atoms with van der Waals surface area (Å²) in [7, 11) is 0. The van der Waals surface area contributed by atoms with Crippen LogP contribution in [0.25, 0.3) is 0 Å². The maximum Gasteiger partial charge on any atom is 0.222 e. The Hall–Kier alpha value is -2.05. The van der Waals surface area contributed by atoms with Crippen molar-refractivity contribution in [1.29, 1.82) is 0 Å². The summed E-state index contributed by atoms with van der Waals surface area (Å²) in [6, 6.07) is 12.4. The highest BCUT2D eigenvalue weighted by Gasteiger charge is 2.25. The molecule has 5 nitrogen and oxygen atoms in total. The van der Waals surface area contributed by atoms with Crippen LogP contribution < -0.4 is 15.4 Å². The summed E-state index contributed by atoms with van der Waals surface area (Å²) in [5, 5.41) is 6.51. The van der Waals surface area contributed by atoms with Crippen LogP contribution in [-0.4, -0.2) is 18.4 Å². The number of carbonyl (C=O) groups is 2. The molecule has 2 aromatic rings. The summed E-state index contributed by atoms with van der Waals surface area (Å²) in [4.78, 5) is 24.3. The fraction of sp³-hybridized carbons (Fsp3) is 0.300. The first-order chi connectivity index (χ1) is 12.9. The standard InChI is InChI=1S/C20H20BrClN2O3/c1-12(25)23-18(13-2-5-15(22)6-3-13)11-20(26)24-17-8-9-27-19-7-4-14(21)10-16(17)19/h2-7,10,17-18H,8-9,11H2,1H3,(H,23,25)(H,24,26). The monoisotopic (exact) mass is 450 g/mol. The highest BCUT2D eigenvalue weighted by molar-refractivity contribution is 9.10. The van der Waals surface area contributed by atoms with Crippen molar-refractivity contribution in [1.82, 2.24) is 10.6 Å². The normalized spacial score (nSPS) is 16.6. The number of amides is 2. The van der Waals surface area contributed by atoms with Crippen molar-refractivity contribution in [3.05, 3.63) is 63.1 Å². The third-order valence-corrected chi connectivity index (χ3v) is 5.13. The largest absolute Gasteiger partial charge is 0.493 e.